The van der Waals surface area contributed by atoms with Crippen LogP contribution < -0.4 is 19.5 Å². The van der Waals surface area contributed by atoms with Gasteiger partial charge in [0.05, 0.1) is 27.5 Å². The van der Waals surface area contributed by atoms with Gasteiger partial charge >= 0.3 is 0 Å². The summed E-state index contributed by atoms with van der Waals surface area (Å²) in [7, 11) is 4.82. The Kier molecular flexibility index (Phi) is 5.48. The van der Waals surface area contributed by atoms with E-state index < -0.39 is 0 Å². The van der Waals surface area contributed by atoms with E-state index in [1.54, 1.807) is 27.5 Å². The van der Waals surface area contributed by atoms with E-state index in [4.69, 9.17) is 18.6 Å². The average molecular weight is 357 g/mol. The number of hydrogen-bond acceptors (Lipinski definition) is 6. The third-order valence-corrected chi connectivity index (χ3v) is 4.12. The summed E-state index contributed by atoms with van der Waals surface area (Å²) in [6, 6.07) is 7.69. The van der Waals surface area contributed by atoms with Gasteiger partial charge in [0.25, 0.3) is 0 Å². The second kappa shape index (κ2) is 7.97. The van der Waals surface area contributed by atoms with Gasteiger partial charge in [-0.1, -0.05) is 6.07 Å². The summed E-state index contributed by atoms with van der Waals surface area (Å²) in [5.74, 6) is 3.53. The largest absolute Gasteiger partial charge is 0.493 e. The number of nitrogens with zero attached hydrogens (tertiary/aromatic N) is 1. The molecule has 1 aromatic carbocycles. The number of aryl methyl sites for hydroxylation is 1. The van der Waals surface area contributed by atoms with Crippen molar-refractivity contribution in [3.63, 3.8) is 0 Å². The Morgan fingerprint density at radius 1 is 0.962 bits per heavy atom. The van der Waals surface area contributed by atoms with Crippen LogP contribution in [0.15, 0.2) is 34.9 Å². The molecule has 3 rings (SSSR count). The predicted molar refractivity (Wildman–Crippen MR) is 97.7 cm³/mol. The van der Waals surface area contributed by atoms with Crippen LogP contribution in [0.4, 0.5) is 0 Å². The number of nitrogens with one attached hydrogen (secondary N) is 2. The zero-order valence-corrected chi connectivity index (χ0v) is 15.4. The van der Waals surface area contributed by atoms with Crippen molar-refractivity contribution in [2.75, 3.05) is 21.3 Å². The fourth-order valence-electron chi connectivity index (χ4n) is 2.86. The first-order chi connectivity index (χ1) is 12.7. The number of hydrogen-bond donors (Lipinski definition) is 2. The van der Waals surface area contributed by atoms with Crippen LogP contribution in [0.25, 0.3) is 11.5 Å². The Hall–Kier alpha value is -2.93. The lowest BCUT2D eigenvalue weighted by Crippen LogP contribution is -2.14. The lowest BCUT2D eigenvalue weighted by atomic mass is 10.1. The first-order valence-electron chi connectivity index (χ1n) is 8.25. The maximum absolute atomic E-state index is 5.68. The molecule has 0 aliphatic rings. The van der Waals surface area contributed by atoms with Gasteiger partial charge in [0.1, 0.15) is 11.5 Å². The molecule has 0 aliphatic heterocycles. The Balaban J connectivity index is 1.72. The van der Waals surface area contributed by atoms with Crippen LogP contribution in [-0.2, 0) is 13.1 Å². The summed E-state index contributed by atoms with van der Waals surface area (Å²) in [5.41, 5.74) is 2.88. The molecule has 0 bridgehead atoms. The summed E-state index contributed by atoms with van der Waals surface area (Å²) in [5, 5.41) is 10.5. The smallest absolute Gasteiger partial charge is 0.203 e. The highest BCUT2D eigenvalue weighted by Crippen LogP contribution is 2.39. The van der Waals surface area contributed by atoms with E-state index in [1.807, 2.05) is 31.2 Å². The second-order valence-corrected chi connectivity index (χ2v) is 5.78. The highest BCUT2D eigenvalue weighted by atomic mass is 16.5. The number of methoxy groups -OCH3 is 3. The standard InChI is InChI=1S/C19H23N3O4/c1-12-5-7-15(26-12)17-14(11-21-22-17)10-20-9-13-6-8-16(23-2)19(25-4)18(13)24-3/h5-8,11,20H,9-10H2,1-4H3,(H,21,22). The van der Waals surface area contributed by atoms with Crippen LogP contribution in [0, 0.1) is 6.92 Å². The maximum atomic E-state index is 5.68. The van der Waals surface area contributed by atoms with Crippen LogP contribution in [0.3, 0.4) is 0 Å². The minimum absolute atomic E-state index is 0.587. The zero-order chi connectivity index (χ0) is 18.5. The van der Waals surface area contributed by atoms with Crippen LogP contribution >= 0.6 is 0 Å². The third kappa shape index (κ3) is 3.52. The third-order valence-electron chi connectivity index (χ3n) is 4.12. The molecular weight excluding hydrogens is 334 g/mol. The van der Waals surface area contributed by atoms with Crippen molar-refractivity contribution < 1.29 is 18.6 Å². The minimum atomic E-state index is 0.587. The molecule has 2 heterocycles. The topological polar surface area (TPSA) is 81.5 Å². The number of aromatic nitrogens is 2. The minimum Gasteiger partial charge on any atom is -0.493 e. The number of aromatic amines is 1. The van der Waals surface area contributed by atoms with E-state index in [-0.39, 0.29) is 0 Å². The van der Waals surface area contributed by atoms with Gasteiger partial charge < -0.3 is 23.9 Å². The van der Waals surface area contributed by atoms with Crippen molar-refractivity contribution in [1.82, 2.24) is 15.5 Å². The summed E-state index contributed by atoms with van der Waals surface area (Å²) in [4.78, 5) is 0. The Morgan fingerprint density at radius 2 is 1.73 bits per heavy atom. The lowest BCUT2D eigenvalue weighted by Gasteiger charge is -2.16. The summed E-state index contributed by atoms with van der Waals surface area (Å²) in [6.45, 7) is 3.15. The molecule has 0 amide bonds. The molecule has 26 heavy (non-hydrogen) atoms. The quantitative estimate of drug-likeness (QED) is 0.644. The summed E-state index contributed by atoms with van der Waals surface area (Å²) in [6.07, 6.45) is 1.80. The van der Waals surface area contributed by atoms with Crippen molar-refractivity contribution in [1.29, 1.82) is 0 Å². The second-order valence-electron chi connectivity index (χ2n) is 5.78. The molecule has 3 aromatic rings. The van der Waals surface area contributed by atoms with Crippen LogP contribution in [0.1, 0.15) is 16.9 Å². The molecule has 0 aliphatic carbocycles. The normalized spacial score (nSPS) is 10.8. The van der Waals surface area contributed by atoms with Crippen LogP contribution in [-0.4, -0.2) is 31.5 Å². The molecule has 0 atom stereocenters. The molecule has 0 unspecified atom stereocenters. The zero-order valence-electron chi connectivity index (χ0n) is 15.4. The van der Waals surface area contributed by atoms with Gasteiger partial charge in [-0.2, -0.15) is 5.10 Å². The Labute approximate surface area is 152 Å². The van der Waals surface area contributed by atoms with E-state index >= 15 is 0 Å². The molecule has 7 heteroatoms. The molecule has 0 radical (unpaired) electrons. The lowest BCUT2D eigenvalue weighted by molar-refractivity contribution is 0.321. The van der Waals surface area contributed by atoms with Gasteiger partial charge in [-0.25, -0.2) is 0 Å². The molecule has 0 saturated heterocycles. The van der Waals surface area contributed by atoms with Crippen molar-refractivity contribution in [3.05, 3.63) is 47.3 Å². The maximum Gasteiger partial charge on any atom is 0.203 e. The number of ether oxygens (including phenoxy) is 3. The first-order valence-corrected chi connectivity index (χ1v) is 8.25. The molecular formula is C19H23N3O4. The molecule has 0 fully saturated rings. The van der Waals surface area contributed by atoms with E-state index in [1.165, 1.54) is 0 Å². The van der Waals surface area contributed by atoms with Crippen molar-refractivity contribution in [3.8, 4) is 28.7 Å². The van der Waals surface area contributed by atoms with Gasteiger partial charge in [0.2, 0.25) is 5.75 Å². The fourth-order valence-corrected chi connectivity index (χ4v) is 2.86. The summed E-state index contributed by atoms with van der Waals surface area (Å²) < 4.78 is 21.9. The number of H-pyrrole nitrogens is 1. The monoisotopic (exact) mass is 357 g/mol. The SMILES string of the molecule is COc1ccc(CNCc2cn[nH]c2-c2ccc(C)o2)c(OC)c1OC. The van der Waals surface area contributed by atoms with Crippen LogP contribution in [0.5, 0.6) is 17.2 Å². The van der Waals surface area contributed by atoms with Crippen molar-refractivity contribution in [2.24, 2.45) is 0 Å². The van der Waals surface area contributed by atoms with Gasteiger partial charge in [-0.3, -0.25) is 5.10 Å². The fraction of sp³-hybridized carbons (Fsp3) is 0.316. The number of rotatable bonds is 8. The molecule has 0 saturated carbocycles. The van der Waals surface area contributed by atoms with E-state index in [0.717, 1.165) is 28.3 Å². The highest BCUT2D eigenvalue weighted by Gasteiger charge is 2.16. The van der Waals surface area contributed by atoms with Gasteiger partial charge in [-0.05, 0) is 25.1 Å². The molecule has 2 N–H and O–H groups in total. The number of benzene rings is 1. The molecule has 0 spiro atoms. The molecule has 2 aromatic heterocycles. The molecule has 138 valence electrons. The summed E-state index contributed by atoms with van der Waals surface area (Å²) >= 11 is 0. The predicted octanol–water partition coefficient (Wildman–Crippen LogP) is 3.29. The van der Waals surface area contributed by atoms with Crippen molar-refractivity contribution in [2.45, 2.75) is 20.0 Å². The molecule has 7 nitrogen and oxygen atoms in total. The van der Waals surface area contributed by atoms with Gasteiger partial charge in [-0.15, -0.1) is 0 Å². The van der Waals surface area contributed by atoms with E-state index in [2.05, 4.69) is 15.5 Å². The number of furan rings is 1. The van der Waals surface area contributed by atoms with Crippen molar-refractivity contribution >= 4 is 0 Å². The van der Waals surface area contributed by atoms with Gasteiger partial charge in [0.15, 0.2) is 17.3 Å². The highest BCUT2D eigenvalue weighted by molar-refractivity contribution is 5.57. The van der Waals surface area contributed by atoms with Crippen LogP contribution in [0.2, 0.25) is 0 Å². The first kappa shape index (κ1) is 17.9. The Bertz CT molecular complexity index is 870. The van der Waals surface area contributed by atoms with E-state index in [9.17, 15) is 0 Å². The Morgan fingerprint density at radius 3 is 2.38 bits per heavy atom. The van der Waals surface area contributed by atoms with E-state index in [0.29, 0.717) is 30.3 Å². The van der Waals surface area contributed by atoms with Gasteiger partial charge in [0, 0.05) is 24.2 Å². The average Bonchev–Trinajstić information content (AvgIpc) is 3.29.